The van der Waals surface area contributed by atoms with E-state index in [0.717, 1.165) is 22.6 Å². The van der Waals surface area contributed by atoms with E-state index in [0.29, 0.717) is 25.2 Å². The van der Waals surface area contributed by atoms with Gasteiger partial charge in [-0.1, -0.05) is 36.4 Å². The summed E-state index contributed by atoms with van der Waals surface area (Å²) in [6, 6.07) is 18.9. The van der Waals surface area contributed by atoms with E-state index in [-0.39, 0.29) is 11.3 Å². The highest BCUT2D eigenvalue weighted by molar-refractivity contribution is 6.00. The topological polar surface area (TPSA) is 99.7 Å². The number of hydrogen-bond acceptors (Lipinski definition) is 4. The van der Waals surface area contributed by atoms with E-state index < -0.39 is 34.8 Å². The van der Waals surface area contributed by atoms with Crippen LogP contribution in [0, 0.1) is 68.3 Å². The monoisotopic (exact) mass is 428 g/mol. The van der Waals surface area contributed by atoms with E-state index in [2.05, 4.69) is 6.07 Å². The number of nitrogens with one attached hydrogen (secondary N) is 2. The summed E-state index contributed by atoms with van der Waals surface area (Å²) in [7, 11) is 0. The first-order valence-corrected chi connectivity index (χ1v) is 10.3. The molecule has 0 aromatic heterocycles. The van der Waals surface area contributed by atoms with Crippen LogP contribution in [-0.4, -0.2) is 18.8 Å². The van der Waals surface area contributed by atoms with Crippen molar-refractivity contribution in [2.75, 3.05) is 13.1 Å². The molecule has 2 aromatic rings. The van der Waals surface area contributed by atoms with Crippen LogP contribution in [0.1, 0.15) is 17.0 Å². The van der Waals surface area contributed by atoms with E-state index in [9.17, 15) is 24.6 Å². The zero-order valence-corrected chi connectivity index (χ0v) is 17.1. The van der Waals surface area contributed by atoms with Crippen molar-refractivity contribution in [2.45, 2.75) is 12.5 Å². The smallest absolute Gasteiger partial charge is 0.190 e. The Hall–Kier alpha value is -3.86. The first-order chi connectivity index (χ1) is 15.4. The highest BCUT2D eigenvalue weighted by Gasteiger charge is 2.59. The van der Waals surface area contributed by atoms with Crippen LogP contribution in [0.4, 0.5) is 8.78 Å². The van der Waals surface area contributed by atoms with Crippen LogP contribution in [0.25, 0.3) is 0 Å². The molecular weight excluding hydrogens is 408 g/mol. The molecule has 0 amide bonds. The minimum Gasteiger partial charge on any atom is -0.327 e. The molecule has 2 aliphatic rings. The predicted octanol–water partition coefficient (Wildman–Crippen LogP) is 2.90. The van der Waals surface area contributed by atoms with E-state index in [4.69, 9.17) is 5.41 Å². The first kappa shape index (κ1) is 21.4. The Kier molecular flexibility index (Phi) is 5.57. The van der Waals surface area contributed by atoms with Gasteiger partial charge in [0.1, 0.15) is 24.1 Å². The fourth-order valence-electron chi connectivity index (χ4n) is 5.09. The number of quaternary nitrogens is 1. The summed E-state index contributed by atoms with van der Waals surface area (Å²) in [5.41, 5.74) is -0.587. The molecule has 1 saturated carbocycles. The fourth-order valence-corrected chi connectivity index (χ4v) is 5.09. The van der Waals surface area contributed by atoms with Crippen LogP contribution in [0.15, 0.2) is 60.2 Å². The van der Waals surface area contributed by atoms with Crippen LogP contribution in [-0.2, 0) is 6.54 Å². The molecule has 0 radical (unpaired) electrons. The molecule has 4 rings (SSSR count). The second-order valence-electron chi connectivity index (χ2n) is 8.28. The van der Waals surface area contributed by atoms with Crippen LogP contribution >= 0.6 is 0 Å². The first-order valence-electron chi connectivity index (χ1n) is 10.3. The fraction of sp³-hybridized carbons (Fsp3) is 0.280. The lowest BCUT2D eigenvalue weighted by Gasteiger charge is -2.46. The maximum Gasteiger partial charge on any atom is 0.190 e. The molecule has 5 nitrogen and oxygen atoms in total. The highest BCUT2D eigenvalue weighted by atomic mass is 19.1. The van der Waals surface area contributed by atoms with E-state index in [1.165, 1.54) is 6.07 Å². The van der Waals surface area contributed by atoms with Crippen molar-refractivity contribution < 1.29 is 13.7 Å². The summed E-state index contributed by atoms with van der Waals surface area (Å²) in [6.45, 7) is 1.75. The number of fused-ring (bicyclic) bond motifs is 1. The summed E-state index contributed by atoms with van der Waals surface area (Å²) >= 11 is 0. The Morgan fingerprint density at radius 1 is 1.06 bits per heavy atom. The van der Waals surface area contributed by atoms with Gasteiger partial charge in [-0.15, -0.1) is 0 Å². The molecule has 0 bridgehead atoms. The van der Waals surface area contributed by atoms with Crippen molar-refractivity contribution in [3.8, 4) is 18.2 Å². The number of hydrogen-bond donors (Lipinski definition) is 2. The maximum atomic E-state index is 14.9. The summed E-state index contributed by atoms with van der Waals surface area (Å²) < 4.78 is 28.6. The van der Waals surface area contributed by atoms with Crippen LogP contribution in [0.2, 0.25) is 0 Å². The molecule has 2 N–H and O–H groups in total. The summed E-state index contributed by atoms with van der Waals surface area (Å²) in [6.07, 6.45) is 1.89. The average molecular weight is 428 g/mol. The van der Waals surface area contributed by atoms with Gasteiger partial charge in [0.15, 0.2) is 5.41 Å². The van der Waals surface area contributed by atoms with Crippen molar-refractivity contribution in [1.82, 2.24) is 0 Å². The number of halogens is 2. The number of nitrogens with zero attached hydrogens (tertiary/aromatic N) is 3. The van der Waals surface area contributed by atoms with E-state index in [1.807, 2.05) is 48.5 Å². The highest BCUT2D eigenvalue weighted by Crippen LogP contribution is 2.52. The molecule has 1 heterocycles. The lowest BCUT2D eigenvalue weighted by atomic mass is 9.54. The minimum atomic E-state index is -2.02. The summed E-state index contributed by atoms with van der Waals surface area (Å²) in [4.78, 5) is 1.13. The van der Waals surface area contributed by atoms with Gasteiger partial charge in [0.05, 0.1) is 37.0 Å². The quantitative estimate of drug-likeness (QED) is 0.736. The van der Waals surface area contributed by atoms with Gasteiger partial charge in [0, 0.05) is 23.5 Å². The number of nitriles is 3. The molecule has 1 fully saturated rings. The lowest BCUT2D eigenvalue weighted by molar-refractivity contribution is -0.913. The Labute approximate surface area is 184 Å². The van der Waals surface area contributed by atoms with Crippen molar-refractivity contribution >= 4 is 5.71 Å². The van der Waals surface area contributed by atoms with Gasteiger partial charge in [0.25, 0.3) is 0 Å². The largest absolute Gasteiger partial charge is 0.327 e. The summed E-state index contributed by atoms with van der Waals surface area (Å²) in [5, 5.41) is 38.5. The molecule has 1 aliphatic heterocycles. The van der Waals surface area contributed by atoms with Crippen molar-refractivity contribution in [1.29, 1.82) is 21.2 Å². The zero-order valence-electron chi connectivity index (χ0n) is 17.1. The number of benzene rings is 2. The second-order valence-corrected chi connectivity index (χ2v) is 8.28. The van der Waals surface area contributed by atoms with Gasteiger partial charge < -0.3 is 10.3 Å². The number of rotatable bonds is 3. The molecule has 32 heavy (non-hydrogen) atoms. The van der Waals surface area contributed by atoms with E-state index in [1.54, 1.807) is 0 Å². The lowest BCUT2D eigenvalue weighted by Crippen LogP contribution is -3.12. The predicted molar refractivity (Wildman–Crippen MR) is 112 cm³/mol. The second kappa shape index (κ2) is 8.35. The zero-order chi connectivity index (χ0) is 22.9. The third-order valence-electron chi connectivity index (χ3n) is 6.56. The Morgan fingerprint density at radius 2 is 1.78 bits per heavy atom. The standard InChI is InChI=1S/C25H19F2N5/c26-17-6-7-19(22(27)10-17)23-21-13-32(12-16-4-2-1-3-5-16)9-8-18(21)20(11-28)24(31)25(23,14-29)15-30/h1-8,10,20-21,23,31H,9,12-13H2/p+1/t20?,21-,23+/m1/s1. The molecular formula is C25H20F2N5+. The molecule has 2 unspecified atom stereocenters. The molecule has 0 spiro atoms. The van der Waals surface area contributed by atoms with Crippen molar-refractivity contribution in [3.05, 3.63) is 82.9 Å². The van der Waals surface area contributed by atoms with Gasteiger partial charge >= 0.3 is 0 Å². The normalized spacial score (nSPS) is 26.1. The van der Waals surface area contributed by atoms with Crippen LogP contribution < -0.4 is 4.90 Å². The van der Waals surface area contributed by atoms with Crippen LogP contribution in [0.5, 0.6) is 0 Å². The molecule has 0 saturated heterocycles. The third-order valence-corrected chi connectivity index (χ3v) is 6.56. The third kappa shape index (κ3) is 3.36. The van der Waals surface area contributed by atoms with E-state index >= 15 is 0 Å². The van der Waals surface area contributed by atoms with Gasteiger partial charge in [-0.05, 0) is 23.3 Å². The molecule has 4 atom stereocenters. The van der Waals surface area contributed by atoms with Gasteiger partial charge in [-0.25, -0.2) is 8.78 Å². The maximum absolute atomic E-state index is 14.9. The van der Waals surface area contributed by atoms with Gasteiger partial charge in [-0.3, -0.25) is 0 Å². The molecule has 1 aliphatic carbocycles. The van der Waals surface area contributed by atoms with Crippen molar-refractivity contribution in [3.63, 3.8) is 0 Å². The summed E-state index contributed by atoms with van der Waals surface area (Å²) in [5.74, 6) is -4.17. The molecule has 2 aromatic carbocycles. The van der Waals surface area contributed by atoms with Gasteiger partial charge in [-0.2, -0.15) is 15.8 Å². The molecule has 158 valence electrons. The Morgan fingerprint density at radius 3 is 2.41 bits per heavy atom. The average Bonchev–Trinajstić information content (AvgIpc) is 2.80. The Bertz CT molecular complexity index is 1200. The van der Waals surface area contributed by atoms with Crippen LogP contribution in [0.3, 0.4) is 0 Å². The van der Waals surface area contributed by atoms with Gasteiger partial charge in [0.2, 0.25) is 0 Å². The molecule has 7 heteroatoms. The van der Waals surface area contributed by atoms with Crippen molar-refractivity contribution in [2.24, 2.45) is 17.3 Å². The Balaban J connectivity index is 1.84. The SMILES string of the molecule is N#CC1C(=N)C(C#N)(C#N)[C@@H](c2ccc(F)cc2F)[C@@H]2C[NH+](Cc3ccccc3)CC=C12. The minimum absolute atomic E-state index is 0.0208.